The van der Waals surface area contributed by atoms with Crippen molar-refractivity contribution in [3.63, 3.8) is 0 Å². The number of carbonyl (C=O) groups excluding carboxylic acids is 2. The maximum atomic E-state index is 12.7. The first kappa shape index (κ1) is 23.3. The van der Waals surface area contributed by atoms with Gasteiger partial charge in [0.05, 0.1) is 5.75 Å². The average molecular weight is 449 g/mol. The molecule has 1 aromatic carbocycles. The molecular weight excluding hydrogens is 416 g/mol. The van der Waals surface area contributed by atoms with E-state index in [-0.39, 0.29) is 30.0 Å². The van der Waals surface area contributed by atoms with Crippen molar-refractivity contribution in [1.82, 2.24) is 13.8 Å². The zero-order valence-electron chi connectivity index (χ0n) is 18.5. The van der Waals surface area contributed by atoms with Crippen molar-refractivity contribution >= 4 is 38.4 Å². The third-order valence-corrected chi connectivity index (χ3v) is 7.92. The monoisotopic (exact) mass is 448 g/mol. The number of nitrogens with zero attached hydrogens (tertiary/aromatic N) is 3. The summed E-state index contributed by atoms with van der Waals surface area (Å²) in [5, 5.41) is 3.92. The van der Waals surface area contributed by atoms with Crippen molar-refractivity contribution in [2.75, 3.05) is 37.2 Å². The molecule has 0 saturated carbocycles. The highest BCUT2D eigenvalue weighted by atomic mass is 32.2. The van der Waals surface area contributed by atoms with Crippen LogP contribution in [0.4, 0.5) is 5.69 Å². The minimum absolute atomic E-state index is 0.0796. The van der Waals surface area contributed by atoms with Gasteiger partial charge in [0.15, 0.2) is 0 Å². The Kier molecular flexibility index (Phi) is 7.38. The van der Waals surface area contributed by atoms with Crippen LogP contribution in [0.2, 0.25) is 0 Å². The summed E-state index contributed by atoms with van der Waals surface area (Å²) < 4.78 is 27.4. The van der Waals surface area contributed by atoms with Crippen LogP contribution in [0.3, 0.4) is 0 Å². The summed E-state index contributed by atoms with van der Waals surface area (Å²) in [4.78, 5) is 26.9. The van der Waals surface area contributed by atoms with Crippen LogP contribution in [0.25, 0.3) is 10.9 Å². The normalized spacial score (nSPS) is 15.8. The Morgan fingerprint density at radius 2 is 1.77 bits per heavy atom. The molecule has 3 rings (SSSR count). The number of aromatic nitrogens is 1. The number of piperidine rings is 1. The fraction of sp³-hybridized carbons (Fsp3) is 0.545. The van der Waals surface area contributed by atoms with Gasteiger partial charge in [-0.15, -0.1) is 0 Å². The molecule has 0 radical (unpaired) electrons. The Balaban J connectivity index is 1.63. The Hall–Kier alpha value is -2.39. The van der Waals surface area contributed by atoms with Gasteiger partial charge in [-0.3, -0.25) is 9.59 Å². The number of fused-ring (bicyclic) bond motifs is 1. The van der Waals surface area contributed by atoms with Gasteiger partial charge in [0.25, 0.3) is 0 Å². The van der Waals surface area contributed by atoms with E-state index in [1.54, 1.807) is 11.8 Å². The molecule has 1 aliphatic rings. The van der Waals surface area contributed by atoms with Crippen LogP contribution >= 0.6 is 0 Å². The topological polar surface area (TPSA) is 91.7 Å². The van der Waals surface area contributed by atoms with Crippen LogP contribution < -0.4 is 5.32 Å². The summed E-state index contributed by atoms with van der Waals surface area (Å²) >= 11 is 0. The predicted molar refractivity (Wildman–Crippen MR) is 122 cm³/mol. The second-order valence-electron chi connectivity index (χ2n) is 7.85. The highest BCUT2D eigenvalue weighted by molar-refractivity contribution is 7.89. The van der Waals surface area contributed by atoms with Crippen molar-refractivity contribution in [2.45, 2.75) is 40.2 Å². The summed E-state index contributed by atoms with van der Waals surface area (Å²) in [7, 11) is -3.20. The van der Waals surface area contributed by atoms with Gasteiger partial charge in [0.2, 0.25) is 21.8 Å². The lowest BCUT2D eigenvalue weighted by molar-refractivity contribution is -0.131. The van der Waals surface area contributed by atoms with Gasteiger partial charge >= 0.3 is 0 Å². The number of rotatable bonds is 8. The van der Waals surface area contributed by atoms with Crippen molar-refractivity contribution in [3.05, 3.63) is 30.5 Å². The Morgan fingerprint density at radius 1 is 1.10 bits per heavy atom. The molecule has 0 spiro atoms. The highest BCUT2D eigenvalue weighted by Crippen LogP contribution is 2.24. The van der Waals surface area contributed by atoms with Crippen LogP contribution in [0, 0.1) is 5.92 Å². The second-order valence-corrected chi connectivity index (χ2v) is 10.1. The molecule has 1 fully saturated rings. The van der Waals surface area contributed by atoms with E-state index in [2.05, 4.69) is 5.32 Å². The Bertz CT molecular complexity index is 1030. The first-order chi connectivity index (χ1) is 14.8. The van der Waals surface area contributed by atoms with E-state index in [0.717, 1.165) is 10.9 Å². The number of hydrogen-bond acceptors (Lipinski definition) is 4. The maximum absolute atomic E-state index is 12.7. The third kappa shape index (κ3) is 5.27. The third-order valence-electron chi connectivity index (χ3n) is 6.04. The quantitative estimate of drug-likeness (QED) is 0.672. The first-order valence-electron chi connectivity index (χ1n) is 10.9. The molecule has 0 bridgehead atoms. The van der Waals surface area contributed by atoms with Crippen molar-refractivity contribution in [2.24, 2.45) is 5.92 Å². The lowest BCUT2D eigenvalue weighted by Crippen LogP contribution is -2.42. The molecule has 8 nitrogen and oxygen atoms in total. The minimum atomic E-state index is -3.20. The zero-order valence-corrected chi connectivity index (χ0v) is 19.3. The lowest BCUT2D eigenvalue weighted by atomic mass is 9.97. The molecule has 0 unspecified atom stereocenters. The summed E-state index contributed by atoms with van der Waals surface area (Å²) in [5.74, 6) is -0.111. The van der Waals surface area contributed by atoms with Crippen LogP contribution in [0.5, 0.6) is 0 Å². The molecule has 0 atom stereocenters. The van der Waals surface area contributed by atoms with E-state index >= 15 is 0 Å². The summed E-state index contributed by atoms with van der Waals surface area (Å²) in [5.41, 5.74) is 1.64. The molecule has 2 aromatic rings. The van der Waals surface area contributed by atoms with E-state index in [1.807, 2.05) is 48.9 Å². The van der Waals surface area contributed by atoms with E-state index in [0.29, 0.717) is 44.7 Å². The number of anilines is 1. The van der Waals surface area contributed by atoms with Gasteiger partial charge < -0.3 is 14.8 Å². The van der Waals surface area contributed by atoms with Gasteiger partial charge in [-0.1, -0.05) is 0 Å². The first-order valence-corrected chi connectivity index (χ1v) is 12.5. The fourth-order valence-corrected chi connectivity index (χ4v) is 5.19. The number of amides is 2. The standard InChI is InChI=1S/C22H32N4O4S/c1-4-24(5-2)21(27)16-25-12-9-18-15-19(7-8-20(18)25)23-22(28)17-10-13-26(14-11-17)31(29,30)6-3/h7-9,12,15,17H,4-6,10-11,13-14,16H2,1-3H3,(H,23,28). The van der Waals surface area contributed by atoms with Gasteiger partial charge in [-0.25, -0.2) is 12.7 Å². The molecular formula is C22H32N4O4S. The number of likely N-dealkylation sites (N-methyl/N-ethyl adjacent to an activating group) is 1. The fourth-order valence-electron chi connectivity index (χ4n) is 4.06. The van der Waals surface area contributed by atoms with Gasteiger partial charge in [0, 0.05) is 54.9 Å². The number of sulfonamides is 1. The smallest absolute Gasteiger partial charge is 0.242 e. The predicted octanol–water partition coefficient (Wildman–Crippen LogP) is 2.51. The van der Waals surface area contributed by atoms with Crippen LogP contribution in [-0.4, -0.2) is 65.9 Å². The van der Waals surface area contributed by atoms with E-state index in [1.165, 1.54) is 4.31 Å². The van der Waals surface area contributed by atoms with Crippen LogP contribution in [0.1, 0.15) is 33.6 Å². The summed E-state index contributed by atoms with van der Waals surface area (Å²) in [6, 6.07) is 7.60. The van der Waals surface area contributed by atoms with Crippen molar-refractivity contribution < 1.29 is 18.0 Å². The van der Waals surface area contributed by atoms with Gasteiger partial charge in [-0.05, 0) is 57.9 Å². The highest BCUT2D eigenvalue weighted by Gasteiger charge is 2.30. The van der Waals surface area contributed by atoms with E-state index in [4.69, 9.17) is 0 Å². The summed E-state index contributed by atoms with van der Waals surface area (Å²) in [6.07, 6.45) is 2.94. The van der Waals surface area contributed by atoms with E-state index < -0.39 is 10.0 Å². The molecule has 1 N–H and O–H groups in total. The number of nitrogens with one attached hydrogen (secondary N) is 1. The summed E-state index contributed by atoms with van der Waals surface area (Å²) in [6.45, 7) is 8.01. The largest absolute Gasteiger partial charge is 0.342 e. The van der Waals surface area contributed by atoms with Crippen LogP contribution in [-0.2, 0) is 26.2 Å². The number of hydrogen-bond donors (Lipinski definition) is 1. The lowest BCUT2D eigenvalue weighted by Gasteiger charge is -2.30. The number of benzene rings is 1. The molecule has 170 valence electrons. The molecule has 1 aromatic heterocycles. The van der Waals surface area contributed by atoms with Crippen molar-refractivity contribution in [3.8, 4) is 0 Å². The molecule has 2 amide bonds. The Morgan fingerprint density at radius 3 is 2.39 bits per heavy atom. The molecule has 9 heteroatoms. The molecule has 1 aliphatic heterocycles. The molecule has 0 aliphatic carbocycles. The van der Waals surface area contributed by atoms with Crippen LogP contribution in [0.15, 0.2) is 30.5 Å². The Labute approximate surface area is 184 Å². The molecule has 31 heavy (non-hydrogen) atoms. The molecule has 1 saturated heterocycles. The van der Waals surface area contributed by atoms with Gasteiger partial charge in [-0.2, -0.15) is 0 Å². The maximum Gasteiger partial charge on any atom is 0.242 e. The molecule has 2 heterocycles. The second kappa shape index (κ2) is 9.82. The zero-order chi connectivity index (χ0) is 22.6. The van der Waals surface area contributed by atoms with Gasteiger partial charge in [0.1, 0.15) is 6.54 Å². The van der Waals surface area contributed by atoms with Crippen molar-refractivity contribution in [1.29, 1.82) is 0 Å². The average Bonchev–Trinajstić information content (AvgIpc) is 3.16. The minimum Gasteiger partial charge on any atom is -0.342 e. The van der Waals surface area contributed by atoms with E-state index in [9.17, 15) is 18.0 Å². The number of carbonyl (C=O) groups is 2. The SMILES string of the molecule is CCN(CC)C(=O)Cn1ccc2cc(NC(=O)C3CCN(S(=O)(=O)CC)CC3)ccc21.